The molecule has 4 nitrogen and oxygen atoms in total. The van der Waals surface area contributed by atoms with Crippen molar-refractivity contribution in [1.29, 1.82) is 0 Å². The second-order valence-corrected chi connectivity index (χ2v) is 2.75. The van der Waals surface area contributed by atoms with E-state index >= 15 is 0 Å². The zero-order valence-corrected chi connectivity index (χ0v) is 7.64. The summed E-state index contributed by atoms with van der Waals surface area (Å²) in [6.07, 6.45) is 1.46. The van der Waals surface area contributed by atoms with Crippen LogP contribution in [0, 0.1) is 0 Å². The zero-order chi connectivity index (χ0) is 9.68. The van der Waals surface area contributed by atoms with Crippen LogP contribution in [0.4, 0.5) is 10.2 Å². The Kier molecular flexibility index (Phi) is 3.51. The summed E-state index contributed by atoms with van der Waals surface area (Å²) in [7, 11) is 0. The van der Waals surface area contributed by atoms with Crippen LogP contribution in [0.15, 0.2) is 12.3 Å². The van der Waals surface area contributed by atoms with Crippen molar-refractivity contribution in [3.63, 3.8) is 0 Å². The van der Waals surface area contributed by atoms with E-state index in [1.165, 1.54) is 6.20 Å². The van der Waals surface area contributed by atoms with Gasteiger partial charge in [-0.1, -0.05) is 12.2 Å². The van der Waals surface area contributed by atoms with E-state index in [-0.39, 0.29) is 11.5 Å². The van der Waals surface area contributed by atoms with E-state index in [4.69, 9.17) is 18.0 Å². The average molecular weight is 200 g/mol. The maximum atomic E-state index is 11.8. The van der Waals surface area contributed by atoms with Crippen molar-refractivity contribution in [2.24, 2.45) is 5.73 Å². The van der Waals surface area contributed by atoms with Crippen molar-refractivity contribution in [2.45, 2.75) is 0 Å². The molecule has 0 bridgehead atoms. The summed E-state index contributed by atoms with van der Waals surface area (Å²) < 4.78 is 11.8. The maximum absolute atomic E-state index is 11.8. The van der Waals surface area contributed by atoms with Crippen molar-refractivity contribution < 1.29 is 4.39 Å². The highest BCUT2D eigenvalue weighted by Crippen LogP contribution is 2.03. The second-order valence-electron chi connectivity index (χ2n) is 2.31. The third kappa shape index (κ3) is 2.90. The lowest BCUT2D eigenvalue weighted by Gasteiger charge is -2.02. The Bertz CT molecular complexity index is 304. The molecule has 0 aliphatic rings. The number of hydrogen-bond acceptors (Lipinski definition) is 4. The SMILES string of the molecule is NC(=S)c1cnnc(NCCF)c1. The van der Waals surface area contributed by atoms with Crippen LogP contribution >= 0.6 is 12.2 Å². The van der Waals surface area contributed by atoms with Crippen LogP contribution in [-0.2, 0) is 0 Å². The molecule has 3 N–H and O–H groups in total. The quantitative estimate of drug-likeness (QED) is 0.693. The molecule has 0 unspecified atom stereocenters. The van der Waals surface area contributed by atoms with Gasteiger partial charge in [-0.15, -0.1) is 5.10 Å². The van der Waals surface area contributed by atoms with Gasteiger partial charge in [-0.3, -0.25) is 0 Å². The van der Waals surface area contributed by atoms with Crippen molar-refractivity contribution in [3.05, 3.63) is 17.8 Å². The van der Waals surface area contributed by atoms with Crippen molar-refractivity contribution in [2.75, 3.05) is 18.5 Å². The van der Waals surface area contributed by atoms with E-state index in [9.17, 15) is 4.39 Å². The smallest absolute Gasteiger partial charge is 0.149 e. The number of anilines is 1. The van der Waals surface area contributed by atoms with Crippen LogP contribution in [0.1, 0.15) is 5.56 Å². The van der Waals surface area contributed by atoms with Crippen molar-refractivity contribution >= 4 is 23.0 Å². The highest BCUT2D eigenvalue weighted by Gasteiger charge is 1.99. The van der Waals surface area contributed by atoms with Crippen molar-refractivity contribution in [3.8, 4) is 0 Å². The van der Waals surface area contributed by atoms with E-state index < -0.39 is 6.67 Å². The standard InChI is InChI=1S/C7H9FN4S/c8-1-2-10-6-3-5(7(9)13)4-11-12-6/h3-4H,1-2H2,(H2,9,13)(H,10,12). The number of hydrogen-bond donors (Lipinski definition) is 2. The summed E-state index contributed by atoms with van der Waals surface area (Å²) >= 11 is 4.74. The van der Waals surface area contributed by atoms with E-state index in [2.05, 4.69) is 15.5 Å². The molecular weight excluding hydrogens is 191 g/mol. The first-order valence-electron chi connectivity index (χ1n) is 3.66. The fourth-order valence-electron chi connectivity index (χ4n) is 0.763. The van der Waals surface area contributed by atoms with Crippen LogP contribution in [0.2, 0.25) is 0 Å². The fraction of sp³-hybridized carbons (Fsp3) is 0.286. The average Bonchev–Trinajstić information content (AvgIpc) is 2.15. The molecule has 13 heavy (non-hydrogen) atoms. The summed E-state index contributed by atoms with van der Waals surface area (Å²) in [5.74, 6) is 0.475. The number of rotatable bonds is 4. The van der Waals surface area contributed by atoms with E-state index in [0.717, 1.165) is 0 Å². The lowest BCUT2D eigenvalue weighted by Crippen LogP contribution is -2.12. The molecule has 0 atom stereocenters. The van der Waals surface area contributed by atoms with Crippen LogP contribution in [-0.4, -0.2) is 28.4 Å². The first kappa shape index (κ1) is 9.79. The van der Waals surface area contributed by atoms with Crippen LogP contribution in [0.3, 0.4) is 0 Å². The Labute approximate surface area is 80.3 Å². The Morgan fingerprint density at radius 1 is 1.69 bits per heavy atom. The lowest BCUT2D eigenvalue weighted by atomic mass is 10.3. The normalized spacial score (nSPS) is 9.62. The molecule has 0 amide bonds. The summed E-state index contributed by atoms with van der Waals surface area (Å²) in [6.45, 7) is -0.256. The fourth-order valence-corrected chi connectivity index (χ4v) is 0.875. The predicted molar refractivity (Wildman–Crippen MR) is 52.4 cm³/mol. The molecule has 1 heterocycles. The molecule has 0 saturated carbocycles. The first-order valence-corrected chi connectivity index (χ1v) is 4.07. The second kappa shape index (κ2) is 4.66. The molecule has 0 spiro atoms. The largest absolute Gasteiger partial charge is 0.389 e. The molecule has 0 aliphatic heterocycles. The molecule has 0 saturated heterocycles. The molecule has 0 aromatic carbocycles. The number of thiocarbonyl (C=S) groups is 1. The summed E-state index contributed by atoms with van der Waals surface area (Å²) in [4.78, 5) is 0.248. The molecule has 0 aliphatic carbocycles. The topological polar surface area (TPSA) is 63.8 Å². The van der Waals surface area contributed by atoms with Gasteiger partial charge in [-0.2, -0.15) is 5.10 Å². The number of aromatic nitrogens is 2. The Balaban J connectivity index is 2.73. The van der Waals surface area contributed by atoms with Crippen molar-refractivity contribution in [1.82, 2.24) is 10.2 Å². The highest BCUT2D eigenvalue weighted by molar-refractivity contribution is 7.80. The van der Waals surface area contributed by atoms with Gasteiger partial charge in [0.25, 0.3) is 0 Å². The third-order valence-corrected chi connectivity index (χ3v) is 1.58. The predicted octanol–water partition coefficient (Wildman–Crippen LogP) is 0.492. The number of halogens is 1. The van der Waals surface area contributed by atoms with Gasteiger partial charge in [0, 0.05) is 12.1 Å². The third-order valence-electron chi connectivity index (χ3n) is 1.34. The van der Waals surface area contributed by atoms with Gasteiger partial charge < -0.3 is 11.1 Å². The number of nitrogens with one attached hydrogen (secondary N) is 1. The lowest BCUT2D eigenvalue weighted by molar-refractivity contribution is 0.512. The van der Waals surface area contributed by atoms with Gasteiger partial charge in [0.1, 0.15) is 17.5 Å². The Morgan fingerprint density at radius 2 is 2.46 bits per heavy atom. The van der Waals surface area contributed by atoms with E-state index in [1.807, 2.05) is 0 Å². The molecule has 0 fully saturated rings. The van der Waals surface area contributed by atoms with E-state index in [1.54, 1.807) is 6.07 Å². The van der Waals surface area contributed by atoms with Crippen LogP contribution < -0.4 is 11.1 Å². The number of nitrogens with zero attached hydrogens (tertiary/aromatic N) is 2. The van der Waals surface area contributed by atoms with Gasteiger partial charge >= 0.3 is 0 Å². The van der Waals surface area contributed by atoms with Gasteiger partial charge in [0.05, 0.1) is 6.20 Å². The summed E-state index contributed by atoms with van der Waals surface area (Å²) in [5, 5.41) is 10.1. The molecular formula is C7H9FN4S. The van der Waals surface area contributed by atoms with Gasteiger partial charge in [-0.05, 0) is 6.07 Å². The minimum absolute atomic E-state index is 0.204. The summed E-state index contributed by atoms with van der Waals surface area (Å²) in [6, 6.07) is 1.63. The molecule has 6 heteroatoms. The minimum atomic E-state index is -0.459. The zero-order valence-electron chi connectivity index (χ0n) is 6.83. The molecule has 0 radical (unpaired) electrons. The molecule has 1 rings (SSSR count). The summed E-state index contributed by atoms with van der Waals surface area (Å²) in [5.41, 5.74) is 5.99. The highest BCUT2D eigenvalue weighted by atomic mass is 32.1. The van der Waals surface area contributed by atoms with Gasteiger partial charge in [0.15, 0.2) is 0 Å². The Hall–Kier alpha value is -1.30. The maximum Gasteiger partial charge on any atom is 0.149 e. The Morgan fingerprint density at radius 3 is 3.08 bits per heavy atom. The minimum Gasteiger partial charge on any atom is -0.389 e. The monoisotopic (exact) mass is 200 g/mol. The molecule has 1 aromatic heterocycles. The number of nitrogens with two attached hydrogens (primary N) is 1. The van der Waals surface area contributed by atoms with Crippen LogP contribution in [0.5, 0.6) is 0 Å². The van der Waals surface area contributed by atoms with Crippen LogP contribution in [0.25, 0.3) is 0 Å². The number of alkyl halides is 1. The van der Waals surface area contributed by atoms with Gasteiger partial charge in [-0.25, -0.2) is 4.39 Å². The van der Waals surface area contributed by atoms with Gasteiger partial charge in [0.2, 0.25) is 0 Å². The first-order chi connectivity index (χ1) is 6.24. The molecule has 70 valence electrons. The molecule has 1 aromatic rings. The van der Waals surface area contributed by atoms with E-state index in [0.29, 0.717) is 11.4 Å².